The first kappa shape index (κ1) is 15.9. The standard InChI is InChI=1S/C14H30N2O2/c1-5-15-14(11-17)7-6-13(10-14)16(4)8-9-18-12(2)3/h12-13,15,17H,5-11H2,1-4H3. The molecule has 4 heteroatoms. The lowest BCUT2D eigenvalue weighted by Crippen LogP contribution is -2.47. The van der Waals surface area contributed by atoms with Crippen LogP contribution in [0.5, 0.6) is 0 Å². The average molecular weight is 258 g/mol. The van der Waals surface area contributed by atoms with Crippen LogP contribution in [-0.4, -0.2) is 61.0 Å². The van der Waals surface area contributed by atoms with Crippen molar-refractivity contribution in [3.05, 3.63) is 0 Å². The largest absolute Gasteiger partial charge is 0.394 e. The van der Waals surface area contributed by atoms with E-state index in [1.54, 1.807) is 0 Å². The van der Waals surface area contributed by atoms with E-state index in [0.29, 0.717) is 12.1 Å². The highest BCUT2D eigenvalue weighted by Gasteiger charge is 2.39. The highest BCUT2D eigenvalue weighted by atomic mass is 16.5. The van der Waals surface area contributed by atoms with E-state index in [9.17, 15) is 5.11 Å². The summed E-state index contributed by atoms with van der Waals surface area (Å²) in [7, 11) is 2.16. The van der Waals surface area contributed by atoms with E-state index in [0.717, 1.165) is 39.0 Å². The molecule has 0 aliphatic heterocycles. The number of aliphatic hydroxyl groups excluding tert-OH is 1. The van der Waals surface area contributed by atoms with Gasteiger partial charge in [-0.3, -0.25) is 0 Å². The van der Waals surface area contributed by atoms with E-state index >= 15 is 0 Å². The second kappa shape index (κ2) is 7.43. The molecule has 4 nitrogen and oxygen atoms in total. The van der Waals surface area contributed by atoms with Crippen molar-refractivity contribution in [1.29, 1.82) is 0 Å². The second-order valence-electron chi connectivity index (χ2n) is 5.77. The zero-order valence-electron chi connectivity index (χ0n) is 12.4. The fraction of sp³-hybridized carbons (Fsp3) is 1.00. The quantitative estimate of drug-likeness (QED) is 0.687. The molecule has 0 saturated heterocycles. The predicted octanol–water partition coefficient (Wildman–Crippen LogP) is 1.24. The zero-order valence-corrected chi connectivity index (χ0v) is 12.4. The third kappa shape index (κ3) is 4.50. The summed E-state index contributed by atoms with van der Waals surface area (Å²) in [5.41, 5.74) is -0.0490. The van der Waals surface area contributed by atoms with E-state index in [2.05, 4.69) is 38.0 Å². The van der Waals surface area contributed by atoms with Crippen molar-refractivity contribution in [3.8, 4) is 0 Å². The minimum Gasteiger partial charge on any atom is -0.394 e. The summed E-state index contributed by atoms with van der Waals surface area (Å²) in [5, 5.41) is 13.0. The molecule has 1 fully saturated rings. The molecule has 0 amide bonds. The summed E-state index contributed by atoms with van der Waals surface area (Å²) in [5.74, 6) is 0. The van der Waals surface area contributed by atoms with Crippen molar-refractivity contribution >= 4 is 0 Å². The van der Waals surface area contributed by atoms with E-state index < -0.39 is 0 Å². The third-order valence-corrected chi connectivity index (χ3v) is 3.96. The van der Waals surface area contributed by atoms with Crippen LogP contribution in [0.15, 0.2) is 0 Å². The van der Waals surface area contributed by atoms with Crippen LogP contribution in [-0.2, 0) is 4.74 Å². The first-order valence-corrected chi connectivity index (χ1v) is 7.20. The molecule has 1 aliphatic carbocycles. The molecule has 0 aromatic rings. The number of rotatable bonds is 8. The van der Waals surface area contributed by atoms with Crippen molar-refractivity contribution in [1.82, 2.24) is 10.2 Å². The average Bonchev–Trinajstić information content (AvgIpc) is 2.74. The van der Waals surface area contributed by atoms with E-state index in [4.69, 9.17) is 4.74 Å². The van der Waals surface area contributed by atoms with Crippen LogP contribution in [0.4, 0.5) is 0 Å². The van der Waals surface area contributed by atoms with Gasteiger partial charge in [0.1, 0.15) is 0 Å². The maximum atomic E-state index is 9.59. The Bertz CT molecular complexity index is 236. The Labute approximate surface area is 112 Å². The second-order valence-corrected chi connectivity index (χ2v) is 5.77. The van der Waals surface area contributed by atoms with Crippen LogP contribution >= 0.6 is 0 Å². The van der Waals surface area contributed by atoms with Crippen molar-refractivity contribution < 1.29 is 9.84 Å². The molecule has 2 N–H and O–H groups in total. The van der Waals surface area contributed by atoms with E-state index in [1.165, 1.54) is 0 Å². The van der Waals surface area contributed by atoms with Crippen molar-refractivity contribution in [2.75, 3.05) is 33.4 Å². The van der Waals surface area contributed by atoms with E-state index in [-0.39, 0.29) is 12.1 Å². The summed E-state index contributed by atoms with van der Waals surface area (Å²) >= 11 is 0. The van der Waals surface area contributed by atoms with Gasteiger partial charge in [0.2, 0.25) is 0 Å². The van der Waals surface area contributed by atoms with Gasteiger partial charge in [-0.15, -0.1) is 0 Å². The number of likely N-dealkylation sites (N-methyl/N-ethyl adjacent to an activating group) is 2. The maximum Gasteiger partial charge on any atom is 0.0613 e. The van der Waals surface area contributed by atoms with Crippen LogP contribution in [0.25, 0.3) is 0 Å². The van der Waals surface area contributed by atoms with Gasteiger partial charge < -0.3 is 20.1 Å². The molecule has 0 radical (unpaired) electrons. The lowest BCUT2D eigenvalue weighted by molar-refractivity contribution is 0.0547. The highest BCUT2D eigenvalue weighted by Crippen LogP contribution is 2.32. The SMILES string of the molecule is CCNC1(CO)CCC(N(C)CCOC(C)C)C1. The summed E-state index contributed by atoms with van der Waals surface area (Å²) in [4.78, 5) is 2.37. The van der Waals surface area contributed by atoms with Crippen molar-refractivity contribution in [2.45, 2.75) is 57.7 Å². The van der Waals surface area contributed by atoms with Gasteiger partial charge in [0.05, 0.1) is 19.3 Å². The Hall–Kier alpha value is -0.160. The zero-order chi connectivity index (χ0) is 13.6. The van der Waals surface area contributed by atoms with E-state index in [1.807, 2.05) is 0 Å². The van der Waals surface area contributed by atoms with Gasteiger partial charge in [-0.1, -0.05) is 6.92 Å². The van der Waals surface area contributed by atoms with Gasteiger partial charge in [0.15, 0.2) is 0 Å². The number of nitrogens with one attached hydrogen (secondary N) is 1. The minimum atomic E-state index is -0.0490. The molecule has 2 atom stereocenters. The number of aliphatic hydroxyl groups is 1. The molecule has 2 unspecified atom stereocenters. The number of hydrogen-bond acceptors (Lipinski definition) is 4. The van der Waals surface area contributed by atoms with Crippen LogP contribution in [0.1, 0.15) is 40.0 Å². The van der Waals surface area contributed by atoms with Gasteiger partial charge in [0, 0.05) is 18.1 Å². The fourth-order valence-corrected chi connectivity index (χ4v) is 2.82. The molecule has 1 saturated carbocycles. The topological polar surface area (TPSA) is 44.7 Å². The van der Waals surface area contributed by atoms with Gasteiger partial charge in [-0.05, 0) is 46.7 Å². The molecule has 0 spiro atoms. The third-order valence-electron chi connectivity index (χ3n) is 3.96. The monoisotopic (exact) mass is 258 g/mol. The predicted molar refractivity (Wildman–Crippen MR) is 74.9 cm³/mol. The highest BCUT2D eigenvalue weighted by molar-refractivity contribution is 4.98. The van der Waals surface area contributed by atoms with Gasteiger partial charge >= 0.3 is 0 Å². The van der Waals surface area contributed by atoms with Gasteiger partial charge in [-0.25, -0.2) is 0 Å². The summed E-state index contributed by atoms with van der Waals surface area (Å²) < 4.78 is 5.59. The summed E-state index contributed by atoms with van der Waals surface area (Å²) in [6.45, 7) is 9.16. The smallest absolute Gasteiger partial charge is 0.0613 e. The molecule has 0 heterocycles. The van der Waals surface area contributed by atoms with Crippen LogP contribution in [0.2, 0.25) is 0 Å². The van der Waals surface area contributed by atoms with Gasteiger partial charge in [0.25, 0.3) is 0 Å². The van der Waals surface area contributed by atoms with Crippen molar-refractivity contribution in [3.63, 3.8) is 0 Å². The first-order valence-electron chi connectivity index (χ1n) is 7.20. The normalized spacial score (nSPS) is 28.5. The van der Waals surface area contributed by atoms with Crippen molar-refractivity contribution in [2.24, 2.45) is 0 Å². The Kier molecular flexibility index (Phi) is 6.57. The van der Waals surface area contributed by atoms with Gasteiger partial charge in [-0.2, -0.15) is 0 Å². The van der Waals surface area contributed by atoms with Crippen LogP contribution in [0, 0.1) is 0 Å². The molecule has 0 bridgehead atoms. The molecular weight excluding hydrogens is 228 g/mol. The maximum absolute atomic E-state index is 9.59. The Morgan fingerprint density at radius 1 is 1.50 bits per heavy atom. The van der Waals surface area contributed by atoms with Crippen LogP contribution in [0.3, 0.4) is 0 Å². The molecule has 18 heavy (non-hydrogen) atoms. The number of hydrogen-bond donors (Lipinski definition) is 2. The first-order chi connectivity index (χ1) is 8.53. The Morgan fingerprint density at radius 2 is 2.22 bits per heavy atom. The molecule has 1 rings (SSSR count). The lowest BCUT2D eigenvalue weighted by Gasteiger charge is -2.30. The molecule has 1 aliphatic rings. The Morgan fingerprint density at radius 3 is 2.78 bits per heavy atom. The molecule has 0 aromatic heterocycles. The Balaban J connectivity index is 2.35. The summed E-state index contributed by atoms with van der Waals surface area (Å²) in [6, 6.07) is 0.562. The minimum absolute atomic E-state index is 0.0490. The summed E-state index contributed by atoms with van der Waals surface area (Å²) in [6.07, 6.45) is 3.57. The van der Waals surface area contributed by atoms with Crippen LogP contribution < -0.4 is 5.32 Å². The molecule has 108 valence electrons. The molecule has 0 aromatic carbocycles. The fourth-order valence-electron chi connectivity index (χ4n) is 2.82. The molecular formula is C14H30N2O2. The lowest BCUT2D eigenvalue weighted by atomic mass is 9.98. The number of ether oxygens (including phenoxy) is 1. The number of nitrogens with zero attached hydrogens (tertiary/aromatic N) is 1.